The summed E-state index contributed by atoms with van der Waals surface area (Å²) in [6, 6.07) is 27.8. The van der Waals surface area contributed by atoms with E-state index in [1.54, 1.807) is 38.1 Å². The van der Waals surface area contributed by atoms with Crippen LogP contribution in [0.25, 0.3) is 0 Å². The molecule has 3 aromatic rings. The molecule has 0 aliphatic carbocycles. The molecule has 0 saturated heterocycles. The lowest BCUT2D eigenvalue weighted by Crippen LogP contribution is -2.51. The second-order valence-electron chi connectivity index (χ2n) is 8.26. The molecule has 0 radical (unpaired) electrons. The van der Waals surface area contributed by atoms with Crippen molar-refractivity contribution >= 4 is 17.5 Å². The largest absolute Gasteiger partial charge is 0.478 e. The highest BCUT2D eigenvalue weighted by Crippen LogP contribution is 2.28. The van der Waals surface area contributed by atoms with Crippen molar-refractivity contribution in [2.24, 2.45) is 0 Å². The normalized spacial score (nSPS) is 13.3. The van der Waals surface area contributed by atoms with E-state index in [1.165, 1.54) is 11.1 Å². The van der Waals surface area contributed by atoms with E-state index in [1.807, 2.05) is 12.1 Å². The Morgan fingerprint density at radius 3 is 2.10 bits per heavy atom. The smallest absolute Gasteiger partial charge is 0.263 e. The number of halogens is 1. The molecule has 162 valence electrons. The third kappa shape index (κ3) is 6.35. The molecule has 1 N–H and O–H groups in total. The van der Waals surface area contributed by atoms with Gasteiger partial charge in [-0.2, -0.15) is 0 Å². The molecular formula is C27H30ClNO2. The number of amides is 1. The maximum absolute atomic E-state index is 13.2. The van der Waals surface area contributed by atoms with Crippen LogP contribution >= 0.6 is 11.6 Å². The zero-order chi connectivity index (χ0) is 22.3. The van der Waals surface area contributed by atoms with Crippen molar-refractivity contribution in [1.29, 1.82) is 0 Å². The fraction of sp³-hybridized carbons (Fsp3) is 0.296. The maximum atomic E-state index is 13.2. The molecule has 0 aromatic heterocycles. The van der Waals surface area contributed by atoms with Gasteiger partial charge >= 0.3 is 0 Å². The number of benzene rings is 3. The van der Waals surface area contributed by atoms with E-state index in [-0.39, 0.29) is 17.9 Å². The van der Waals surface area contributed by atoms with Gasteiger partial charge in [-0.3, -0.25) is 4.79 Å². The van der Waals surface area contributed by atoms with Gasteiger partial charge in [0.05, 0.1) is 0 Å². The van der Waals surface area contributed by atoms with Crippen molar-refractivity contribution in [2.45, 2.75) is 51.2 Å². The molecule has 3 rings (SSSR count). The van der Waals surface area contributed by atoms with Gasteiger partial charge in [0.15, 0.2) is 5.60 Å². The minimum atomic E-state index is -1.02. The van der Waals surface area contributed by atoms with E-state index in [9.17, 15) is 4.79 Å². The SMILES string of the molecule is CCC(NC(=O)C(C)(C)Oc1ccc(Cl)cc1)C(Cc1ccccc1)c1ccccc1. The van der Waals surface area contributed by atoms with E-state index in [2.05, 4.69) is 60.8 Å². The summed E-state index contributed by atoms with van der Waals surface area (Å²) < 4.78 is 6.00. The highest BCUT2D eigenvalue weighted by Gasteiger charge is 2.33. The quantitative estimate of drug-likeness (QED) is 0.421. The number of ether oxygens (including phenoxy) is 1. The van der Waals surface area contributed by atoms with Gasteiger partial charge in [0.1, 0.15) is 5.75 Å². The number of carbonyl (C=O) groups is 1. The lowest BCUT2D eigenvalue weighted by molar-refractivity contribution is -0.135. The summed E-state index contributed by atoms with van der Waals surface area (Å²) in [7, 11) is 0. The zero-order valence-electron chi connectivity index (χ0n) is 18.3. The van der Waals surface area contributed by atoms with Gasteiger partial charge < -0.3 is 10.1 Å². The van der Waals surface area contributed by atoms with Crippen molar-refractivity contribution < 1.29 is 9.53 Å². The molecule has 0 aliphatic heterocycles. The Morgan fingerprint density at radius 1 is 0.935 bits per heavy atom. The van der Waals surface area contributed by atoms with Crippen LogP contribution in [-0.4, -0.2) is 17.6 Å². The average molecular weight is 436 g/mol. The van der Waals surface area contributed by atoms with Gasteiger partial charge in [-0.15, -0.1) is 0 Å². The molecule has 4 heteroatoms. The number of nitrogens with one attached hydrogen (secondary N) is 1. The predicted molar refractivity (Wildman–Crippen MR) is 128 cm³/mol. The molecule has 3 nitrogen and oxygen atoms in total. The Morgan fingerprint density at radius 2 is 1.52 bits per heavy atom. The first-order chi connectivity index (χ1) is 14.9. The minimum Gasteiger partial charge on any atom is -0.478 e. The zero-order valence-corrected chi connectivity index (χ0v) is 19.1. The van der Waals surface area contributed by atoms with Gasteiger partial charge in [0.2, 0.25) is 0 Å². The fourth-order valence-corrected chi connectivity index (χ4v) is 3.86. The van der Waals surface area contributed by atoms with Crippen molar-refractivity contribution in [3.8, 4) is 5.75 Å². The molecule has 0 heterocycles. The summed E-state index contributed by atoms with van der Waals surface area (Å²) in [4.78, 5) is 13.2. The van der Waals surface area contributed by atoms with Crippen LogP contribution in [0.5, 0.6) is 5.75 Å². The van der Waals surface area contributed by atoms with Crippen LogP contribution in [0.2, 0.25) is 5.02 Å². The van der Waals surface area contributed by atoms with Crippen LogP contribution in [0.4, 0.5) is 0 Å². The molecule has 0 saturated carbocycles. The van der Waals surface area contributed by atoms with Crippen LogP contribution in [0.15, 0.2) is 84.9 Å². The maximum Gasteiger partial charge on any atom is 0.263 e. The van der Waals surface area contributed by atoms with Crippen molar-refractivity contribution in [3.63, 3.8) is 0 Å². The van der Waals surface area contributed by atoms with Crippen molar-refractivity contribution in [1.82, 2.24) is 5.32 Å². The number of carbonyl (C=O) groups excluding carboxylic acids is 1. The van der Waals surface area contributed by atoms with Crippen LogP contribution in [0, 0.1) is 0 Å². The standard InChI is InChI=1S/C27H30ClNO2/c1-4-25(29-26(30)27(2,3)31-23-17-15-22(28)16-18-23)24(21-13-9-6-10-14-21)19-20-11-7-5-8-12-20/h5-18,24-25H,4,19H2,1-3H3,(H,29,30). The first kappa shape index (κ1) is 22.9. The Hall–Kier alpha value is -2.78. The van der Waals surface area contributed by atoms with Crippen LogP contribution < -0.4 is 10.1 Å². The second kappa shape index (κ2) is 10.5. The summed E-state index contributed by atoms with van der Waals surface area (Å²) in [5.74, 6) is 0.633. The Balaban J connectivity index is 1.79. The number of hydrogen-bond donors (Lipinski definition) is 1. The van der Waals surface area contributed by atoms with Crippen molar-refractivity contribution in [3.05, 3.63) is 101 Å². The van der Waals surface area contributed by atoms with E-state index in [4.69, 9.17) is 16.3 Å². The van der Waals surface area contributed by atoms with E-state index >= 15 is 0 Å². The Kier molecular flexibility index (Phi) is 7.75. The van der Waals surface area contributed by atoms with Gasteiger partial charge in [0, 0.05) is 17.0 Å². The first-order valence-electron chi connectivity index (χ1n) is 10.7. The monoisotopic (exact) mass is 435 g/mol. The third-order valence-electron chi connectivity index (χ3n) is 5.50. The molecule has 2 atom stereocenters. The highest BCUT2D eigenvalue weighted by molar-refractivity contribution is 6.30. The average Bonchev–Trinajstić information content (AvgIpc) is 2.78. The summed E-state index contributed by atoms with van der Waals surface area (Å²) in [6.45, 7) is 5.69. The third-order valence-corrected chi connectivity index (χ3v) is 5.75. The van der Waals surface area contributed by atoms with Gasteiger partial charge in [-0.25, -0.2) is 0 Å². The first-order valence-corrected chi connectivity index (χ1v) is 11.1. The van der Waals surface area contributed by atoms with Gasteiger partial charge in [-0.05, 0) is 62.1 Å². The van der Waals surface area contributed by atoms with Crippen LogP contribution in [0.1, 0.15) is 44.2 Å². The fourth-order valence-electron chi connectivity index (χ4n) is 3.73. The summed E-state index contributed by atoms with van der Waals surface area (Å²) in [6.07, 6.45) is 1.66. The van der Waals surface area contributed by atoms with E-state index in [0.29, 0.717) is 10.8 Å². The van der Waals surface area contributed by atoms with E-state index < -0.39 is 5.60 Å². The Labute approximate surface area is 190 Å². The Bertz CT molecular complexity index is 956. The molecule has 0 aliphatic rings. The number of hydrogen-bond acceptors (Lipinski definition) is 2. The lowest BCUT2D eigenvalue weighted by atomic mass is 9.84. The summed E-state index contributed by atoms with van der Waals surface area (Å²) >= 11 is 5.96. The summed E-state index contributed by atoms with van der Waals surface area (Å²) in [5, 5.41) is 3.90. The van der Waals surface area contributed by atoms with Crippen LogP contribution in [0.3, 0.4) is 0 Å². The molecule has 2 unspecified atom stereocenters. The minimum absolute atomic E-state index is 0.0248. The van der Waals surface area contributed by atoms with Crippen molar-refractivity contribution in [2.75, 3.05) is 0 Å². The molecule has 0 bridgehead atoms. The summed E-state index contributed by atoms with van der Waals surface area (Å²) in [5.41, 5.74) is 1.45. The molecule has 3 aromatic carbocycles. The molecular weight excluding hydrogens is 406 g/mol. The molecule has 0 spiro atoms. The highest BCUT2D eigenvalue weighted by atomic mass is 35.5. The van der Waals surface area contributed by atoms with E-state index in [0.717, 1.165) is 12.8 Å². The molecule has 1 amide bonds. The number of rotatable bonds is 9. The van der Waals surface area contributed by atoms with Gasteiger partial charge in [-0.1, -0.05) is 79.2 Å². The van der Waals surface area contributed by atoms with Crippen LogP contribution in [-0.2, 0) is 11.2 Å². The predicted octanol–water partition coefficient (Wildman–Crippen LogP) is 6.42. The lowest BCUT2D eigenvalue weighted by Gasteiger charge is -2.32. The second-order valence-corrected chi connectivity index (χ2v) is 8.70. The molecule has 31 heavy (non-hydrogen) atoms. The molecule has 0 fully saturated rings. The van der Waals surface area contributed by atoms with Gasteiger partial charge in [0.25, 0.3) is 5.91 Å². The topological polar surface area (TPSA) is 38.3 Å².